The predicted molar refractivity (Wildman–Crippen MR) is 92.7 cm³/mol. The molecule has 0 aromatic heterocycles. The molecule has 1 unspecified atom stereocenters. The number of rotatable bonds is 5. The first-order valence-corrected chi connectivity index (χ1v) is 8.70. The van der Waals surface area contributed by atoms with Gasteiger partial charge in [-0.05, 0) is 35.7 Å². The number of hydrogen-bond donors (Lipinski definition) is 0. The highest BCUT2D eigenvalue weighted by Crippen LogP contribution is 2.45. The van der Waals surface area contributed by atoms with Gasteiger partial charge in [0.25, 0.3) is 0 Å². The quantitative estimate of drug-likeness (QED) is 0.764. The maximum absolute atomic E-state index is 14.5. The predicted octanol–water partition coefficient (Wildman–Crippen LogP) is 4.22. The first-order valence-electron chi connectivity index (χ1n) is 8.70. The van der Waals surface area contributed by atoms with Crippen molar-refractivity contribution in [2.45, 2.75) is 32.1 Å². The molecule has 1 amide bonds. The minimum absolute atomic E-state index is 0.0740. The van der Waals surface area contributed by atoms with E-state index in [-0.39, 0.29) is 18.5 Å². The van der Waals surface area contributed by atoms with Crippen LogP contribution in [-0.4, -0.2) is 19.2 Å². The third kappa shape index (κ3) is 2.64. The van der Waals surface area contributed by atoms with Crippen molar-refractivity contribution in [3.05, 3.63) is 53.3 Å². The van der Waals surface area contributed by atoms with Crippen molar-refractivity contribution in [3.8, 4) is 11.5 Å². The number of anilines is 1. The lowest BCUT2D eigenvalue weighted by Crippen LogP contribution is -2.30. The van der Waals surface area contributed by atoms with Crippen molar-refractivity contribution in [1.82, 2.24) is 0 Å². The number of fused-ring (bicyclic) bond motifs is 2. The number of carbonyl (C=O) groups excluding carboxylic acids is 1. The van der Waals surface area contributed by atoms with Crippen molar-refractivity contribution in [3.63, 3.8) is 0 Å². The van der Waals surface area contributed by atoms with E-state index in [9.17, 15) is 9.18 Å². The SMILES string of the molecule is CCCCCN1C(=O)C(c2ccc3c(c2)OCO3)c2cccc(F)c21. The molecular weight excluding hydrogens is 321 g/mol. The lowest BCUT2D eigenvalue weighted by Gasteiger charge is -2.18. The second-order valence-corrected chi connectivity index (χ2v) is 6.42. The summed E-state index contributed by atoms with van der Waals surface area (Å²) in [4.78, 5) is 14.7. The van der Waals surface area contributed by atoms with Gasteiger partial charge in [-0.2, -0.15) is 0 Å². The van der Waals surface area contributed by atoms with Crippen molar-refractivity contribution < 1.29 is 18.7 Å². The van der Waals surface area contributed by atoms with E-state index in [2.05, 4.69) is 6.92 Å². The van der Waals surface area contributed by atoms with Gasteiger partial charge in [-0.15, -0.1) is 0 Å². The molecule has 1 atom stereocenters. The average Bonchev–Trinajstić information content (AvgIpc) is 3.18. The second-order valence-electron chi connectivity index (χ2n) is 6.42. The summed E-state index contributed by atoms with van der Waals surface area (Å²) in [5.74, 6) is 0.392. The zero-order valence-corrected chi connectivity index (χ0v) is 14.1. The summed E-state index contributed by atoms with van der Waals surface area (Å²) < 4.78 is 25.3. The third-order valence-electron chi connectivity index (χ3n) is 4.83. The minimum atomic E-state index is -0.498. The van der Waals surface area contributed by atoms with E-state index in [4.69, 9.17) is 9.47 Å². The Morgan fingerprint density at radius 1 is 1.16 bits per heavy atom. The number of carbonyl (C=O) groups is 1. The highest BCUT2D eigenvalue weighted by Gasteiger charge is 2.40. The molecule has 2 aliphatic rings. The molecule has 2 aromatic carbocycles. The summed E-state index contributed by atoms with van der Waals surface area (Å²) in [7, 11) is 0. The third-order valence-corrected chi connectivity index (χ3v) is 4.83. The highest BCUT2D eigenvalue weighted by molar-refractivity contribution is 6.07. The van der Waals surface area contributed by atoms with Crippen molar-refractivity contribution >= 4 is 11.6 Å². The largest absolute Gasteiger partial charge is 0.454 e. The molecule has 0 fully saturated rings. The van der Waals surface area contributed by atoms with Crippen molar-refractivity contribution in [2.75, 3.05) is 18.2 Å². The average molecular weight is 341 g/mol. The molecule has 0 N–H and O–H groups in total. The number of ether oxygens (including phenoxy) is 2. The van der Waals surface area contributed by atoms with Crippen molar-refractivity contribution in [1.29, 1.82) is 0 Å². The van der Waals surface area contributed by atoms with Crippen LogP contribution in [0.5, 0.6) is 11.5 Å². The molecule has 25 heavy (non-hydrogen) atoms. The summed E-state index contributed by atoms with van der Waals surface area (Å²) in [6.07, 6.45) is 2.93. The molecule has 2 aliphatic heterocycles. The first-order chi connectivity index (χ1) is 12.2. The normalized spacial score (nSPS) is 17.9. The van der Waals surface area contributed by atoms with E-state index in [1.807, 2.05) is 24.3 Å². The number of hydrogen-bond acceptors (Lipinski definition) is 3. The number of unbranched alkanes of at least 4 members (excludes halogenated alkanes) is 2. The topological polar surface area (TPSA) is 38.8 Å². The van der Waals surface area contributed by atoms with Gasteiger partial charge in [0.1, 0.15) is 5.82 Å². The Hall–Kier alpha value is -2.56. The van der Waals surface area contributed by atoms with Gasteiger partial charge in [-0.1, -0.05) is 38.0 Å². The van der Waals surface area contributed by atoms with Gasteiger partial charge < -0.3 is 14.4 Å². The van der Waals surface area contributed by atoms with Crippen LogP contribution in [0.2, 0.25) is 0 Å². The number of benzene rings is 2. The van der Waals surface area contributed by atoms with Crippen LogP contribution in [0, 0.1) is 5.82 Å². The summed E-state index contributed by atoms with van der Waals surface area (Å²) in [6, 6.07) is 10.4. The lowest BCUT2D eigenvalue weighted by atomic mass is 9.92. The molecule has 2 heterocycles. The van der Waals surface area contributed by atoms with E-state index in [1.54, 1.807) is 11.0 Å². The fourth-order valence-electron chi connectivity index (χ4n) is 3.61. The highest BCUT2D eigenvalue weighted by atomic mass is 19.1. The Morgan fingerprint density at radius 2 is 2.00 bits per heavy atom. The molecule has 5 heteroatoms. The van der Waals surface area contributed by atoms with Crippen LogP contribution < -0.4 is 14.4 Å². The standard InChI is InChI=1S/C20H20FNO3/c1-2-3-4-10-22-19-14(6-5-7-15(19)21)18(20(22)23)13-8-9-16-17(11-13)25-12-24-16/h5-9,11,18H,2-4,10,12H2,1H3. The molecule has 0 saturated carbocycles. The number of para-hydroxylation sites is 1. The summed E-state index contributed by atoms with van der Waals surface area (Å²) in [5.41, 5.74) is 1.95. The maximum atomic E-state index is 14.5. The molecule has 0 radical (unpaired) electrons. The maximum Gasteiger partial charge on any atom is 0.239 e. The summed E-state index contributed by atoms with van der Waals surface area (Å²) in [5, 5.41) is 0. The van der Waals surface area contributed by atoms with Crippen LogP contribution in [0.25, 0.3) is 0 Å². The summed E-state index contributed by atoms with van der Waals surface area (Å²) in [6.45, 7) is 2.84. The monoisotopic (exact) mass is 341 g/mol. The molecule has 0 spiro atoms. The second kappa shape index (κ2) is 6.39. The van der Waals surface area contributed by atoms with E-state index in [0.717, 1.165) is 30.4 Å². The van der Waals surface area contributed by atoms with Crippen LogP contribution >= 0.6 is 0 Å². The number of halogens is 1. The first kappa shape index (κ1) is 15.9. The van der Waals surface area contributed by atoms with Gasteiger partial charge in [-0.25, -0.2) is 4.39 Å². The van der Waals surface area contributed by atoms with Gasteiger partial charge in [-0.3, -0.25) is 4.79 Å². The molecule has 4 rings (SSSR count). The molecule has 2 aromatic rings. The van der Waals surface area contributed by atoms with E-state index in [0.29, 0.717) is 23.7 Å². The van der Waals surface area contributed by atoms with Crippen molar-refractivity contribution in [2.24, 2.45) is 0 Å². The van der Waals surface area contributed by atoms with E-state index in [1.165, 1.54) is 6.07 Å². The Morgan fingerprint density at radius 3 is 2.84 bits per heavy atom. The van der Waals surface area contributed by atoms with Gasteiger partial charge in [0.05, 0.1) is 11.6 Å². The zero-order chi connectivity index (χ0) is 17.4. The molecule has 0 saturated heterocycles. The summed E-state index contributed by atoms with van der Waals surface area (Å²) >= 11 is 0. The van der Waals surface area contributed by atoms with Gasteiger partial charge in [0, 0.05) is 6.54 Å². The minimum Gasteiger partial charge on any atom is -0.454 e. The lowest BCUT2D eigenvalue weighted by molar-refractivity contribution is -0.118. The van der Waals surface area contributed by atoms with Crippen LogP contribution in [0.15, 0.2) is 36.4 Å². The smallest absolute Gasteiger partial charge is 0.239 e. The van der Waals surface area contributed by atoms with Gasteiger partial charge in [0.15, 0.2) is 11.5 Å². The Kier molecular flexibility index (Phi) is 4.07. The molecule has 0 bridgehead atoms. The number of amides is 1. The Bertz CT molecular complexity index is 821. The van der Waals surface area contributed by atoms with Crippen LogP contribution in [0.4, 0.5) is 10.1 Å². The molecule has 4 nitrogen and oxygen atoms in total. The fourth-order valence-corrected chi connectivity index (χ4v) is 3.61. The van der Waals surface area contributed by atoms with Crippen LogP contribution in [0.1, 0.15) is 43.2 Å². The van der Waals surface area contributed by atoms with E-state index >= 15 is 0 Å². The number of nitrogens with zero attached hydrogens (tertiary/aromatic N) is 1. The Balaban J connectivity index is 1.74. The fraction of sp³-hybridized carbons (Fsp3) is 0.350. The molecular formula is C20H20FNO3. The molecule has 130 valence electrons. The van der Waals surface area contributed by atoms with Gasteiger partial charge >= 0.3 is 0 Å². The van der Waals surface area contributed by atoms with Crippen LogP contribution in [-0.2, 0) is 4.79 Å². The van der Waals surface area contributed by atoms with Crippen LogP contribution in [0.3, 0.4) is 0 Å². The molecule has 0 aliphatic carbocycles. The van der Waals surface area contributed by atoms with Gasteiger partial charge in [0.2, 0.25) is 12.7 Å². The Labute approximate surface area is 146 Å². The van der Waals surface area contributed by atoms with E-state index < -0.39 is 5.92 Å². The zero-order valence-electron chi connectivity index (χ0n) is 14.1.